The van der Waals surface area contributed by atoms with Gasteiger partial charge < -0.3 is 5.32 Å². The molecule has 0 spiro atoms. The van der Waals surface area contributed by atoms with Gasteiger partial charge in [0, 0.05) is 11.9 Å². The van der Waals surface area contributed by atoms with E-state index in [2.05, 4.69) is 36.3 Å². The number of hydrogen-bond acceptors (Lipinski definition) is 2. The fourth-order valence-corrected chi connectivity index (χ4v) is 1.60. The molecule has 0 amide bonds. The van der Waals surface area contributed by atoms with E-state index in [4.69, 9.17) is 0 Å². The van der Waals surface area contributed by atoms with E-state index in [-0.39, 0.29) is 0 Å². The van der Waals surface area contributed by atoms with Crippen LogP contribution in [0, 0.1) is 5.92 Å². The van der Waals surface area contributed by atoms with E-state index < -0.39 is 0 Å². The molecular formula is C14H18N2. The minimum atomic E-state index is 0.700. The van der Waals surface area contributed by atoms with E-state index in [0.29, 0.717) is 5.92 Å². The van der Waals surface area contributed by atoms with Gasteiger partial charge in [-0.25, -0.2) is 0 Å². The van der Waals surface area contributed by atoms with Crippen molar-refractivity contribution in [3.05, 3.63) is 36.5 Å². The van der Waals surface area contributed by atoms with Crippen molar-refractivity contribution in [3.63, 3.8) is 0 Å². The summed E-state index contributed by atoms with van der Waals surface area (Å²) in [6.07, 6.45) is 3.11. The first kappa shape index (κ1) is 10.9. The predicted molar refractivity (Wildman–Crippen MR) is 69.7 cm³/mol. The molecule has 1 aromatic heterocycles. The van der Waals surface area contributed by atoms with Gasteiger partial charge in [-0.15, -0.1) is 0 Å². The number of nitrogens with one attached hydrogen (secondary N) is 1. The van der Waals surface area contributed by atoms with Crippen LogP contribution in [-0.2, 0) is 0 Å². The summed E-state index contributed by atoms with van der Waals surface area (Å²) < 4.78 is 0. The highest BCUT2D eigenvalue weighted by Crippen LogP contribution is 2.16. The molecule has 1 aromatic carbocycles. The monoisotopic (exact) mass is 214 g/mol. The standard InChI is InChI=1S/C14H18N2/c1-3-11(2)9-15-13-8-12-6-4-5-7-14(12)16-10-13/h4-8,10-11,15H,3,9H2,1-2H3. The lowest BCUT2D eigenvalue weighted by Gasteiger charge is -2.11. The summed E-state index contributed by atoms with van der Waals surface area (Å²) in [4.78, 5) is 4.42. The van der Waals surface area contributed by atoms with E-state index in [1.54, 1.807) is 0 Å². The fourth-order valence-electron chi connectivity index (χ4n) is 1.60. The first-order chi connectivity index (χ1) is 7.79. The zero-order chi connectivity index (χ0) is 11.4. The average Bonchev–Trinajstić information content (AvgIpc) is 2.35. The van der Waals surface area contributed by atoms with Crippen molar-refractivity contribution in [2.45, 2.75) is 20.3 Å². The van der Waals surface area contributed by atoms with Gasteiger partial charge in [-0.2, -0.15) is 0 Å². The van der Waals surface area contributed by atoms with Crippen molar-refractivity contribution < 1.29 is 0 Å². The van der Waals surface area contributed by atoms with Crippen molar-refractivity contribution >= 4 is 16.6 Å². The molecule has 0 fully saturated rings. The topological polar surface area (TPSA) is 24.9 Å². The summed E-state index contributed by atoms with van der Waals surface area (Å²) in [5, 5.41) is 4.62. The normalized spacial score (nSPS) is 12.6. The van der Waals surface area contributed by atoms with Crippen LogP contribution >= 0.6 is 0 Å². The second kappa shape index (κ2) is 4.97. The Hall–Kier alpha value is -1.57. The Balaban J connectivity index is 2.13. The van der Waals surface area contributed by atoms with Crippen molar-refractivity contribution in [2.24, 2.45) is 5.92 Å². The molecule has 1 unspecified atom stereocenters. The predicted octanol–water partition coefficient (Wildman–Crippen LogP) is 3.69. The van der Waals surface area contributed by atoms with Crippen molar-refractivity contribution in [2.75, 3.05) is 11.9 Å². The second-order valence-corrected chi connectivity index (χ2v) is 4.31. The molecule has 1 heterocycles. The molecule has 0 aliphatic carbocycles. The summed E-state index contributed by atoms with van der Waals surface area (Å²) in [6.45, 7) is 5.48. The van der Waals surface area contributed by atoms with E-state index in [0.717, 1.165) is 17.7 Å². The molecule has 0 aliphatic rings. The first-order valence-corrected chi connectivity index (χ1v) is 5.88. The molecule has 1 atom stereocenters. The lowest BCUT2D eigenvalue weighted by Crippen LogP contribution is -2.10. The molecule has 0 bridgehead atoms. The number of anilines is 1. The highest BCUT2D eigenvalue weighted by molar-refractivity contribution is 5.81. The van der Waals surface area contributed by atoms with Gasteiger partial charge in [0.05, 0.1) is 17.4 Å². The fraction of sp³-hybridized carbons (Fsp3) is 0.357. The maximum absolute atomic E-state index is 4.42. The Kier molecular flexibility index (Phi) is 3.40. The largest absolute Gasteiger partial charge is 0.384 e. The van der Waals surface area contributed by atoms with Gasteiger partial charge in [-0.1, -0.05) is 38.5 Å². The highest BCUT2D eigenvalue weighted by atomic mass is 14.9. The Labute approximate surface area is 96.7 Å². The number of pyridine rings is 1. The van der Waals surface area contributed by atoms with Crippen LogP contribution in [-0.4, -0.2) is 11.5 Å². The van der Waals surface area contributed by atoms with Gasteiger partial charge >= 0.3 is 0 Å². The molecule has 0 saturated heterocycles. The smallest absolute Gasteiger partial charge is 0.0703 e. The first-order valence-electron chi connectivity index (χ1n) is 5.88. The zero-order valence-corrected chi connectivity index (χ0v) is 9.90. The molecule has 0 radical (unpaired) electrons. The van der Waals surface area contributed by atoms with Gasteiger partial charge in [-0.05, 0) is 18.1 Å². The van der Waals surface area contributed by atoms with E-state index in [1.807, 2.05) is 24.4 Å². The molecule has 0 aliphatic heterocycles. The molecule has 2 nitrogen and oxygen atoms in total. The van der Waals surface area contributed by atoms with Crippen LogP contribution in [0.2, 0.25) is 0 Å². The minimum Gasteiger partial charge on any atom is -0.384 e. The lowest BCUT2D eigenvalue weighted by atomic mass is 10.1. The van der Waals surface area contributed by atoms with Gasteiger partial charge in [-0.3, -0.25) is 4.98 Å². The van der Waals surface area contributed by atoms with Crippen molar-refractivity contribution in [3.8, 4) is 0 Å². The van der Waals surface area contributed by atoms with Crippen LogP contribution in [0.4, 0.5) is 5.69 Å². The molecule has 2 rings (SSSR count). The second-order valence-electron chi connectivity index (χ2n) is 4.31. The maximum atomic E-state index is 4.42. The third-order valence-electron chi connectivity index (χ3n) is 2.94. The average molecular weight is 214 g/mol. The third kappa shape index (κ3) is 2.51. The van der Waals surface area contributed by atoms with Crippen LogP contribution in [0.1, 0.15) is 20.3 Å². The Morgan fingerprint density at radius 3 is 2.94 bits per heavy atom. The van der Waals surface area contributed by atoms with Gasteiger partial charge in [0.15, 0.2) is 0 Å². The van der Waals surface area contributed by atoms with Gasteiger partial charge in [0.25, 0.3) is 0 Å². The molecule has 2 aromatic rings. The number of aromatic nitrogens is 1. The van der Waals surface area contributed by atoms with E-state index in [1.165, 1.54) is 11.8 Å². The van der Waals surface area contributed by atoms with Gasteiger partial charge in [0.1, 0.15) is 0 Å². The van der Waals surface area contributed by atoms with Crippen LogP contribution in [0.5, 0.6) is 0 Å². The lowest BCUT2D eigenvalue weighted by molar-refractivity contribution is 0.593. The molecular weight excluding hydrogens is 196 g/mol. The van der Waals surface area contributed by atoms with Crippen molar-refractivity contribution in [1.29, 1.82) is 0 Å². The summed E-state index contributed by atoms with van der Waals surface area (Å²) >= 11 is 0. The number of fused-ring (bicyclic) bond motifs is 1. The Bertz CT molecular complexity index is 465. The number of para-hydroxylation sites is 1. The Morgan fingerprint density at radius 1 is 1.31 bits per heavy atom. The summed E-state index contributed by atoms with van der Waals surface area (Å²) in [7, 11) is 0. The van der Waals surface area contributed by atoms with Gasteiger partial charge in [0.2, 0.25) is 0 Å². The number of hydrogen-bond donors (Lipinski definition) is 1. The minimum absolute atomic E-state index is 0.700. The van der Waals surface area contributed by atoms with E-state index in [9.17, 15) is 0 Å². The van der Waals surface area contributed by atoms with Crippen molar-refractivity contribution in [1.82, 2.24) is 4.98 Å². The number of benzene rings is 1. The molecule has 2 heteroatoms. The maximum Gasteiger partial charge on any atom is 0.0703 e. The van der Waals surface area contributed by atoms with Crippen LogP contribution < -0.4 is 5.32 Å². The van der Waals surface area contributed by atoms with Crippen LogP contribution in [0.25, 0.3) is 10.9 Å². The van der Waals surface area contributed by atoms with Crippen LogP contribution in [0.15, 0.2) is 36.5 Å². The van der Waals surface area contributed by atoms with E-state index >= 15 is 0 Å². The third-order valence-corrected chi connectivity index (χ3v) is 2.94. The summed E-state index contributed by atoms with van der Waals surface area (Å²) in [6, 6.07) is 10.3. The zero-order valence-electron chi connectivity index (χ0n) is 9.90. The number of rotatable bonds is 4. The van der Waals surface area contributed by atoms with Crippen LogP contribution in [0.3, 0.4) is 0 Å². The SMILES string of the molecule is CCC(C)CNc1cnc2ccccc2c1. The summed E-state index contributed by atoms with van der Waals surface area (Å²) in [5.41, 5.74) is 2.16. The molecule has 16 heavy (non-hydrogen) atoms. The quantitative estimate of drug-likeness (QED) is 0.839. The highest BCUT2D eigenvalue weighted by Gasteiger charge is 2.00. The molecule has 1 N–H and O–H groups in total. The summed E-state index contributed by atoms with van der Waals surface area (Å²) in [5.74, 6) is 0.700. The number of nitrogens with zero attached hydrogens (tertiary/aromatic N) is 1. The molecule has 0 saturated carbocycles. The molecule has 84 valence electrons. The Morgan fingerprint density at radius 2 is 2.12 bits per heavy atom.